The fraction of sp³-hybridized carbons (Fsp3) is 0.833. The highest BCUT2D eigenvalue weighted by Crippen LogP contribution is 2.19. The van der Waals surface area contributed by atoms with E-state index in [9.17, 15) is 18.0 Å². The van der Waals surface area contributed by atoms with E-state index < -0.39 is 18.5 Å². The molecule has 0 spiro atoms. The third kappa shape index (κ3) is 5.29. The van der Waals surface area contributed by atoms with Gasteiger partial charge in [0.15, 0.2) is 0 Å². The van der Waals surface area contributed by atoms with Gasteiger partial charge >= 0.3 is 6.18 Å². The van der Waals surface area contributed by atoms with E-state index in [4.69, 9.17) is 0 Å². The van der Waals surface area contributed by atoms with Crippen molar-refractivity contribution in [3.05, 3.63) is 0 Å². The van der Waals surface area contributed by atoms with Gasteiger partial charge in [0.1, 0.15) is 0 Å². The maximum absolute atomic E-state index is 11.6. The monoisotopic (exact) mass is 201 g/mol. The van der Waals surface area contributed by atoms with Crippen LogP contribution in [0.15, 0.2) is 0 Å². The van der Waals surface area contributed by atoms with E-state index in [0.29, 0.717) is 0 Å². The molecule has 0 N–H and O–H groups in total. The normalized spacial score (nSPS) is 11.4. The SMILES string of the molecule is CN(CCC(F)(F)F)C(=O)CS. The first kappa shape index (κ1) is 11.6. The summed E-state index contributed by atoms with van der Waals surface area (Å²) in [7, 11) is 1.32. The van der Waals surface area contributed by atoms with Gasteiger partial charge in [-0.1, -0.05) is 0 Å². The maximum Gasteiger partial charge on any atom is 0.390 e. The van der Waals surface area contributed by atoms with E-state index in [2.05, 4.69) is 12.6 Å². The molecule has 0 aromatic rings. The highest BCUT2D eigenvalue weighted by Gasteiger charge is 2.27. The Morgan fingerprint density at radius 1 is 1.50 bits per heavy atom. The minimum absolute atomic E-state index is 0.0612. The number of alkyl halides is 3. The number of nitrogens with zero attached hydrogens (tertiary/aromatic N) is 1. The summed E-state index contributed by atoms with van der Waals surface area (Å²) in [6, 6.07) is 0. The summed E-state index contributed by atoms with van der Waals surface area (Å²) < 4.78 is 34.9. The van der Waals surface area contributed by atoms with E-state index in [1.165, 1.54) is 7.05 Å². The molecule has 0 aliphatic rings. The fourth-order valence-electron chi connectivity index (χ4n) is 0.540. The lowest BCUT2D eigenvalue weighted by Gasteiger charge is -2.16. The lowest BCUT2D eigenvalue weighted by Crippen LogP contribution is -2.31. The molecule has 12 heavy (non-hydrogen) atoms. The van der Waals surface area contributed by atoms with Gasteiger partial charge in [0, 0.05) is 13.6 Å². The Kier molecular flexibility index (Phi) is 4.44. The highest BCUT2D eigenvalue weighted by atomic mass is 32.1. The number of rotatable bonds is 3. The number of carbonyl (C=O) groups excluding carboxylic acids is 1. The van der Waals surface area contributed by atoms with Crippen molar-refractivity contribution in [2.75, 3.05) is 19.3 Å². The van der Waals surface area contributed by atoms with Crippen LogP contribution in [0.1, 0.15) is 6.42 Å². The predicted molar refractivity (Wildman–Crippen MR) is 42.2 cm³/mol. The van der Waals surface area contributed by atoms with Gasteiger partial charge in [0.05, 0.1) is 12.2 Å². The van der Waals surface area contributed by atoms with Crippen molar-refractivity contribution in [1.29, 1.82) is 0 Å². The van der Waals surface area contributed by atoms with Gasteiger partial charge in [-0.3, -0.25) is 4.79 Å². The maximum atomic E-state index is 11.6. The molecule has 6 heteroatoms. The predicted octanol–water partition coefficient (Wildman–Crippen LogP) is 1.33. The number of hydrogen-bond donors (Lipinski definition) is 1. The summed E-state index contributed by atoms with van der Waals surface area (Å²) in [5, 5.41) is 0. The molecule has 0 fully saturated rings. The minimum Gasteiger partial charge on any atom is -0.345 e. The molecule has 0 aromatic heterocycles. The van der Waals surface area contributed by atoms with Crippen molar-refractivity contribution in [2.24, 2.45) is 0 Å². The zero-order chi connectivity index (χ0) is 9.78. The lowest BCUT2D eigenvalue weighted by atomic mass is 10.4. The van der Waals surface area contributed by atoms with Crippen LogP contribution in [0.5, 0.6) is 0 Å². The fourth-order valence-corrected chi connectivity index (χ4v) is 0.781. The molecule has 0 radical (unpaired) electrons. The minimum atomic E-state index is -4.20. The van der Waals surface area contributed by atoms with E-state index in [-0.39, 0.29) is 12.3 Å². The van der Waals surface area contributed by atoms with Crippen LogP contribution in [-0.4, -0.2) is 36.3 Å². The zero-order valence-corrected chi connectivity index (χ0v) is 7.45. The van der Waals surface area contributed by atoms with Crippen LogP contribution in [0.4, 0.5) is 13.2 Å². The number of carbonyl (C=O) groups is 1. The average Bonchev–Trinajstić information content (AvgIpc) is 1.97. The summed E-state index contributed by atoms with van der Waals surface area (Å²) in [6.07, 6.45) is -5.17. The molecule has 0 aromatic carbocycles. The Balaban J connectivity index is 3.72. The molecule has 2 nitrogen and oxygen atoms in total. The molecule has 0 heterocycles. The molecular weight excluding hydrogens is 191 g/mol. The molecule has 1 amide bonds. The molecule has 0 saturated carbocycles. The van der Waals surface area contributed by atoms with E-state index in [1.807, 2.05) is 0 Å². The van der Waals surface area contributed by atoms with Crippen LogP contribution < -0.4 is 0 Å². The molecule has 0 saturated heterocycles. The van der Waals surface area contributed by atoms with Crippen molar-refractivity contribution in [2.45, 2.75) is 12.6 Å². The molecule has 0 aliphatic heterocycles. The summed E-state index contributed by atoms with van der Waals surface area (Å²) in [6.45, 7) is -0.303. The van der Waals surface area contributed by atoms with Crippen LogP contribution in [0.2, 0.25) is 0 Å². The Labute approximate surface area is 74.1 Å². The van der Waals surface area contributed by atoms with E-state index in [1.54, 1.807) is 0 Å². The quantitative estimate of drug-likeness (QED) is 0.683. The molecule has 0 aliphatic carbocycles. The van der Waals surface area contributed by atoms with Crippen LogP contribution in [-0.2, 0) is 4.79 Å². The molecule has 0 rings (SSSR count). The second-order valence-corrected chi connectivity index (χ2v) is 2.65. The topological polar surface area (TPSA) is 20.3 Å². The standard InChI is InChI=1S/C6H10F3NOS/c1-10(5(11)4-12)3-2-6(7,8)9/h12H,2-4H2,1H3. The second kappa shape index (κ2) is 4.59. The average molecular weight is 201 g/mol. The third-order valence-corrected chi connectivity index (χ3v) is 1.56. The van der Waals surface area contributed by atoms with E-state index in [0.717, 1.165) is 4.90 Å². The Morgan fingerprint density at radius 2 is 2.00 bits per heavy atom. The van der Waals surface area contributed by atoms with Gasteiger partial charge in [0.25, 0.3) is 0 Å². The Morgan fingerprint density at radius 3 is 2.33 bits per heavy atom. The molecule has 0 atom stereocenters. The Hall–Kier alpha value is -0.390. The number of halogens is 3. The van der Waals surface area contributed by atoms with Crippen molar-refractivity contribution < 1.29 is 18.0 Å². The van der Waals surface area contributed by atoms with Gasteiger partial charge in [-0.2, -0.15) is 25.8 Å². The highest BCUT2D eigenvalue weighted by molar-refractivity contribution is 7.81. The summed E-state index contributed by atoms with van der Waals surface area (Å²) in [5.74, 6) is -0.462. The number of hydrogen-bond acceptors (Lipinski definition) is 2. The first-order valence-corrected chi connectivity index (χ1v) is 3.91. The Bertz CT molecular complexity index is 159. The first-order chi connectivity index (χ1) is 5.37. The van der Waals surface area contributed by atoms with E-state index >= 15 is 0 Å². The van der Waals surface area contributed by atoms with Crippen LogP contribution in [0.25, 0.3) is 0 Å². The lowest BCUT2D eigenvalue weighted by molar-refractivity contribution is -0.142. The third-order valence-electron chi connectivity index (χ3n) is 1.29. The summed E-state index contributed by atoms with van der Waals surface area (Å²) >= 11 is 3.65. The smallest absolute Gasteiger partial charge is 0.345 e. The van der Waals surface area contributed by atoms with Gasteiger partial charge in [0.2, 0.25) is 5.91 Å². The van der Waals surface area contributed by atoms with Crippen LogP contribution >= 0.6 is 12.6 Å². The van der Waals surface area contributed by atoms with Crippen LogP contribution in [0.3, 0.4) is 0 Å². The van der Waals surface area contributed by atoms with Crippen molar-refractivity contribution in [1.82, 2.24) is 4.90 Å². The van der Waals surface area contributed by atoms with Gasteiger partial charge in [-0.25, -0.2) is 0 Å². The molecule has 0 unspecified atom stereocenters. The second-order valence-electron chi connectivity index (χ2n) is 2.34. The molecule has 72 valence electrons. The summed E-state index contributed by atoms with van der Waals surface area (Å²) in [5.41, 5.74) is 0. The first-order valence-electron chi connectivity index (χ1n) is 3.28. The van der Waals surface area contributed by atoms with Crippen molar-refractivity contribution in [3.8, 4) is 0 Å². The number of thiol groups is 1. The van der Waals surface area contributed by atoms with Crippen molar-refractivity contribution >= 4 is 18.5 Å². The van der Waals surface area contributed by atoms with Gasteiger partial charge in [-0.05, 0) is 0 Å². The largest absolute Gasteiger partial charge is 0.390 e. The van der Waals surface area contributed by atoms with Gasteiger partial charge < -0.3 is 4.90 Å². The van der Waals surface area contributed by atoms with Crippen molar-refractivity contribution in [3.63, 3.8) is 0 Å². The van der Waals surface area contributed by atoms with Gasteiger partial charge in [-0.15, -0.1) is 0 Å². The zero-order valence-electron chi connectivity index (χ0n) is 6.56. The summed E-state index contributed by atoms with van der Waals surface area (Å²) in [4.78, 5) is 11.7. The molecule has 0 bridgehead atoms. The molecular formula is C6H10F3NOS. The van der Waals surface area contributed by atoms with Crippen LogP contribution in [0, 0.1) is 0 Å². The number of amides is 1.